The molecule has 0 bridgehead atoms. The number of hydrogen-bond donors (Lipinski definition) is 2. The lowest BCUT2D eigenvalue weighted by atomic mass is 9.51. The van der Waals surface area contributed by atoms with Crippen LogP contribution in [0.25, 0.3) is 0 Å². The van der Waals surface area contributed by atoms with Crippen LogP contribution in [-0.2, 0) is 9.26 Å². The summed E-state index contributed by atoms with van der Waals surface area (Å²) in [5.41, 5.74) is 0. The summed E-state index contributed by atoms with van der Waals surface area (Å²) in [7, 11) is 2.41. The summed E-state index contributed by atoms with van der Waals surface area (Å²) in [6, 6.07) is 0.149. The Labute approximate surface area is 75.2 Å². The maximum Gasteiger partial charge on any atom is 0.152 e. The Kier molecular flexibility index (Phi) is 4.54. The highest BCUT2D eigenvalue weighted by Gasteiger charge is 2.32. The highest BCUT2D eigenvalue weighted by Crippen LogP contribution is 2.21. The fraction of sp³-hybridized carbons (Fsp3) is 1.00. The van der Waals surface area contributed by atoms with E-state index in [1.165, 1.54) is 0 Å². The van der Waals surface area contributed by atoms with Gasteiger partial charge in [0, 0.05) is 6.00 Å². The van der Waals surface area contributed by atoms with Crippen LogP contribution in [0.3, 0.4) is 0 Å². The Balaban J connectivity index is 2.25. The molecule has 1 fully saturated rings. The SMILES string of the molecule is BB[C@H]1C[C@@H](O)C(COPO)O1. The lowest BCUT2D eigenvalue weighted by Crippen LogP contribution is -2.25. The van der Waals surface area contributed by atoms with Crippen LogP contribution in [-0.4, -0.2) is 49.7 Å². The molecule has 0 radical (unpaired) electrons. The minimum atomic E-state index is -0.524. The highest BCUT2D eigenvalue weighted by molar-refractivity contribution is 7.24. The van der Waals surface area contributed by atoms with Crippen LogP contribution in [0, 0.1) is 0 Å². The predicted octanol–water partition coefficient (Wildman–Crippen LogP) is -2.04. The van der Waals surface area contributed by atoms with E-state index in [4.69, 9.17) is 14.2 Å². The van der Waals surface area contributed by atoms with Gasteiger partial charge >= 0.3 is 0 Å². The molecule has 2 N–H and O–H groups in total. The van der Waals surface area contributed by atoms with Crippen LogP contribution >= 0.6 is 9.03 Å². The van der Waals surface area contributed by atoms with E-state index in [2.05, 4.69) is 0 Å². The zero-order chi connectivity index (χ0) is 8.97. The monoisotopic (exact) mass is 190 g/mol. The molecule has 1 saturated heterocycles. The van der Waals surface area contributed by atoms with Crippen LogP contribution in [0.2, 0.25) is 0 Å². The van der Waals surface area contributed by atoms with Crippen molar-refractivity contribution < 1.29 is 19.3 Å². The molecule has 68 valence electrons. The molecule has 0 aromatic rings. The fourth-order valence-corrected chi connectivity index (χ4v) is 1.59. The van der Waals surface area contributed by atoms with Crippen LogP contribution in [0.15, 0.2) is 0 Å². The molecule has 1 rings (SSSR count). The summed E-state index contributed by atoms with van der Waals surface area (Å²) in [5.74, 6) is 0. The van der Waals surface area contributed by atoms with Gasteiger partial charge in [0.15, 0.2) is 9.03 Å². The summed E-state index contributed by atoms with van der Waals surface area (Å²) in [5, 5.41) is 9.43. The maximum atomic E-state index is 9.43. The maximum absolute atomic E-state index is 9.43. The van der Waals surface area contributed by atoms with E-state index < -0.39 is 15.1 Å². The standard InChI is InChI=1S/C5H13B2O4P/c6-7-5-1-3(8)4(11-5)2-10-12-9/h3-5,7-9,12H,1-2,6H2/t3-,4?,5-/m1/s1. The van der Waals surface area contributed by atoms with Gasteiger partial charge in [-0.1, -0.05) is 0 Å². The van der Waals surface area contributed by atoms with Crippen molar-refractivity contribution in [1.29, 1.82) is 0 Å². The van der Waals surface area contributed by atoms with Gasteiger partial charge in [0.1, 0.15) is 13.3 Å². The Morgan fingerprint density at radius 2 is 2.50 bits per heavy atom. The molecule has 0 aromatic heterocycles. The normalized spacial score (nSPS) is 36.3. The van der Waals surface area contributed by atoms with Crippen molar-refractivity contribution in [3.8, 4) is 0 Å². The largest absolute Gasteiger partial charge is 0.390 e. The summed E-state index contributed by atoms with van der Waals surface area (Å²) in [6.45, 7) is 0.284. The van der Waals surface area contributed by atoms with E-state index >= 15 is 0 Å². The quantitative estimate of drug-likeness (QED) is 0.396. The first-order chi connectivity index (χ1) is 5.77. The first-order valence-corrected chi connectivity index (χ1v) is 4.97. The van der Waals surface area contributed by atoms with Crippen molar-refractivity contribution in [2.75, 3.05) is 6.61 Å². The van der Waals surface area contributed by atoms with Gasteiger partial charge in [-0.25, -0.2) is 0 Å². The second kappa shape index (κ2) is 5.20. The number of hydrogen-bond acceptors (Lipinski definition) is 4. The van der Waals surface area contributed by atoms with Gasteiger partial charge in [-0.2, -0.15) is 0 Å². The van der Waals surface area contributed by atoms with E-state index in [0.717, 1.165) is 7.17 Å². The lowest BCUT2D eigenvalue weighted by molar-refractivity contribution is 0.00398. The minimum Gasteiger partial charge on any atom is -0.390 e. The molecule has 1 heterocycles. The van der Waals surface area contributed by atoms with Gasteiger partial charge in [-0.3, -0.25) is 0 Å². The smallest absolute Gasteiger partial charge is 0.152 e. The molecule has 0 spiro atoms. The third kappa shape index (κ3) is 2.71. The Morgan fingerprint density at radius 1 is 1.75 bits per heavy atom. The number of aliphatic hydroxyl groups is 1. The molecular weight excluding hydrogens is 177 g/mol. The molecule has 0 aromatic carbocycles. The molecule has 0 aliphatic carbocycles. The summed E-state index contributed by atoms with van der Waals surface area (Å²) >= 11 is 0. The lowest BCUT2D eigenvalue weighted by Gasteiger charge is -2.13. The second-order valence-corrected chi connectivity index (χ2v) is 3.38. The van der Waals surface area contributed by atoms with Crippen molar-refractivity contribution in [2.24, 2.45) is 0 Å². The van der Waals surface area contributed by atoms with E-state index in [1.807, 2.05) is 7.74 Å². The van der Waals surface area contributed by atoms with Crippen molar-refractivity contribution in [3.05, 3.63) is 0 Å². The highest BCUT2D eigenvalue weighted by atomic mass is 31.1. The van der Waals surface area contributed by atoms with Crippen molar-refractivity contribution in [1.82, 2.24) is 0 Å². The summed E-state index contributed by atoms with van der Waals surface area (Å²) in [6.07, 6.45) is -0.0140. The topological polar surface area (TPSA) is 58.9 Å². The van der Waals surface area contributed by atoms with Crippen LogP contribution in [0.4, 0.5) is 0 Å². The van der Waals surface area contributed by atoms with Gasteiger partial charge < -0.3 is 19.3 Å². The Morgan fingerprint density at radius 3 is 3.00 bits per heavy atom. The zero-order valence-corrected chi connectivity index (χ0v) is 8.06. The predicted molar refractivity (Wildman–Crippen MR) is 51.5 cm³/mol. The second-order valence-electron chi connectivity index (χ2n) is 2.91. The van der Waals surface area contributed by atoms with Gasteiger partial charge in [0.2, 0.25) is 0 Å². The van der Waals surface area contributed by atoms with Gasteiger partial charge in [0.25, 0.3) is 0 Å². The number of aliphatic hydroxyl groups excluding tert-OH is 1. The molecule has 0 saturated carbocycles. The van der Waals surface area contributed by atoms with Gasteiger partial charge in [-0.05, 0) is 6.42 Å². The molecule has 2 unspecified atom stereocenters. The number of ether oxygens (including phenoxy) is 1. The Hall–Kier alpha value is 0.400. The molecule has 1 aliphatic rings. The van der Waals surface area contributed by atoms with E-state index in [9.17, 15) is 5.11 Å². The summed E-state index contributed by atoms with van der Waals surface area (Å²) < 4.78 is 10.2. The fourth-order valence-electron chi connectivity index (χ4n) is 1.35. The number of rotatable bonds is 4. The van der Waals surface area contributed by atoms with Crippen LogP contribution in [0.5, 0.6) is 0 Å². The van der Waals surface area contributed by atoms with E-state index in [1.54, 1.807) is 0 Å². The molecule has 7 heteroatoms. The molecule has 1 aliphatic heterocycles. The minimum absolute atomic E-state index is 0.149. The summed E-state index contributed by atoms with van der Waals surface area (Å²) in [4.78, 5) is 8.40. The first kappa shape index (κ1) is 10.5. The van der Waals surface area contributed by atoms with Crippen molar-refractivity contribution in [2.45, 2.75) is 24.6 Å². The van der Waals surface area contributed by atoms with Crippen LogP contribution < -0.4 is 0 Å². The van der Waals surface area contributed by atoms with Gasteiger partial charge in [-0.15, -0.1) is 0 Å². The first-order valence-electron chi connectivity index (χ1n) is 4.12. The zero-order valence-electron chi connectivity index (χ0n) is 7.06. The molecule has 12 heavy (non-hydrogen) atoms. The van der Waals surface area contributed by atoms with E-state index in [0.29, 0.717) is 6.42 Å². The van der Waals surface area contributed by atoms with E-state index in [-0.39, 0.29) is 18.7 Å². The van der Waals surface area contributed by atoms with Crippen molar-refractivity contribution in [3.63, 3.8) is 0 Å². The molecular formula is C5H13B2O4P. The third-order valence-electron chi connectivity index (χ3n) is 2.07. The molecule has 4 atom stereocenters. The molecule has 0 amide bonds. The third-order valence-corrected chi connectivity index (χ3v) is 2.36. The van der Waals surface area contributed by atoms with Crippen molar-refractivity contribution >= 4 is 23.9 Å². The Bertz CT molecular complexity index is 139. The average molecular weight is 190 g/mol. The molecule has 4 nitrogen and oxygen atoms in total. The van der Waals surface area contributed by atoms with Gasteiger partial charge in [0.05, 0.1) is 20.4 Å². The average Bonchev–Trinajstić information content (AvgIpc) is 2.43. The van der Waals surface area contributed by atoms with Crippen LogP contribution in [0.1, 0.15) is 6.42 Å².